The Morgan fingerprint density at radius 3 is 2.27 bits per heavy atom. The molecular weight excluding hydrogens is 424 g/mol. The molecule has 1 aliphatic carbocycles. The van der Waals surface area contributed by atoms with Gasteiger partial charge in [-0.2, -0.15) is 0 Å². The van der Waals surface area contributed by atoms with E-state index in [4.69, 9.17) is 9.84 Å². The van der Waals surface area contributed by atoms with Crippen molar-refractivity contribution < 1.29 is 29.0 Å². The van der Waals surface area contributed by atoms with Crippen molar-refractivity contribution in [3.05, 3.63) is 59.7 Å². The summed E-state index contributed by atoms with van der Waals surface area (Å²) in [4.78, 5) is 50.0. The molecule has 0 aromatic heterocycles. The number of nitrogens with one attached hydrogen (secondary N) is 1. The highest BCUT2D eigenvalue weighted by atomic mass is 16.5. The number of carbonyl (C=O) groups is 4. The first kappa shape index (κ1) is 21.2. The zero-order valence-corrected chi connectivity index (χ0v) is 17.9. The SMILES string of the molecule is O=C(O)C[C@@H]1NC(=O)[C@@H]2C[C@H](CC(=O)OCC3c4ccccc4-c4ccccc43)CN2C1=O. The Bertz CT molecular complexity index is 1100. The first-order chi connectivity index (χ1) is 15.9. The Kier molecular flexibility index (Phi) is 5.36. The molecule has 2 aromatic rings. The van der Waals surface area contributed by atoms with E-state index in [1.807, 2.05) is 24.3 Å². The molecule has 3 aliphatic rings. The lowest BCUT2D eigenvalue weighted by Gasteiger charge is -2.33. The zero-order chi connectivity index (χ0) is 23.1. The highest BCUT2D eigenvalue weighted by Gasteiger charge is 2.47. The molecule has 0 radical (unpaired) electrons. The van der Waals surface area contributed by atoms with E-state index in [1.54, 1.807) is 0 Å². The molecule has 2 N–H and O–H groups in total. The molecule has 0 saturated carbocycles. The molecule has 2 fully saturated rings. The van der Waals surface area contributed by atoms with E-state index in [0.29, 0.717) is 6.42 Å². The maximum Gasteiger partial charge on any atom is 0.306 e. The van der Waals surface area contributed by atoms with Crippen LogP contribution in [0.25, 0.3) is 11.1 Å². The van der Waals surface area contributed by atoms with Gasteiger partial charge < -0.3 is 20.1 Å². The van der Waals surface area contributed by atoms with Crippen LogP contribution < -0.4 is 5.32 Å². The van der Waals surface area contributed by atoms with Crippen molar-refractivity contribution in [1.82, 2.24) is 10.2 Å². The number of esters is 1. The number of hydrogen-bond donors (Lipinski definition) is 2. The van der Waals surface area contributed by atoms with Crippen LogP contribution in [0.5, 0.6) is 0 Å². The zero-order valence-electron chi connectivity index (χ0n) is 17.9. The summed E-state index contributed by atoms with van der Waals surface area (Å²) < 4.78 is 5.66. The van der Waals surface area contributed by atoms with Crippen LogP contribution in [0.3, 0.4) is 0 Å². The molecular formula is C25H24N2O6. The van der Waals surface area contributed by atoms with E-state index in [0.717, 1.165) is 22.3 Å². The minimum Gasteiger partial charge on any atom is -0.481 e. The minimum absolute atomic E-state index is 0.0274. The van der Waals surface area contributed by atoms with Gasteiger partial charge in [-0.1, -0.05) is 48.5 Å². The van der Waals surface area contributed by atoms with Crippen molar-refractivity contribution in [3.8, 4) is 11.1 Å². The van der Waals surface area contributed by atoms with Gasteiger partial charge in [0.15, 0.2) is 0 Å². The molecule has 8 nitrogen and oxygen atoms in total. The van der Waals surface area contributed by atoms with Gasteiger partial charge in [-0.25, -0.2) is 0 Å². The highest BCUT2D eigenvalue weighted by Crippen LogP contribution is 2.44. The lowest BCUT2D eigenvalue weighted by Crippen LogP contribution is -2.61. The second-order valence-electron chi connectivity index (χ2n) is 8.88. The number of carbonyl (C=O) groups excluding carboxylic acids is 3. The van der Waals surface area contributed by atoms with E-state index in [9.17, 15) is 19.2 Å². The molecule has 0 spiro atoms. The molecule has 2 saturated heterocycles. The number of fused-ring (bicyclic) bond motifs is 4. The van der Waals surface area contributed by atoms with Crippen molar-refractivity contribution in [2.75, 3.05) is 13.2 Å². The quantitative estimate of drug-likeness (QED) is 0.653. The average molecular weight is 448 g/mol. The van der Waals surface area contributed by atoms with Crippen LogP contribution in [0.15, 0.2) is 48.5 Å². The Morgan fingerprint density at radius 2 is 1.64 bits per heavy atom. The maximum atomic E-state index is 12.7. The van der Waals surface area contributed by atoms with Crippen molar-refractivity contribution in [1.29, 1.82) is 0 Å². The summed E-state index contributed by atoms with van der Waals surface area (Å²) in [6.45, 7) is 0.476. The summed E-state index contributed by atoms with van der Waals surface area (Å²) >= 11 is 0. The molecule has 0 bridgehead atoms. The van der Waals surface area contributed by atoms with Gasteiger partial charge in [-0.05, 0) is 34.6 Å². The summed E-state index contributed by atoms with van der Waals surface area (Å²) in [5.74, 6) is -2.52. The number of aliphatic carboxylic acids is 1. The third-order valence-corrected chi connectivity index (χ3v) is 6.80. The lowest BCUT2D eigenvalue weighted by atomic mass is 9.98. The fourth-order valence-corrected chi connectivity index (χ4v) is 5.32. The molecule has 3 atom stereocenters. The lowest BCUT2D eigenvalue weighted by molar-refractivity contribution is -0.150. The topological polar surface area (TPSA) is 113 Å². The fourth-order valence-electron chi connectivity index (χ4n) is 5.32. The van der Waals surface area contributed by atoms with Crippen molar-refractivity contribution >= 4 is 23.8 Å². The summed E-state index contributed by atoms with van der Waals surface area (Å²) in [7, 11) is 0. The van der Waals surface area contributed by atoms with Crippen LogP contribution >= 0.6 is 0 Å². The normalized spacial score (nSPS) is 23.5. The molecule has 2 aliphatic heterocycles. The van der Waals surface area contributed by atoms with Crippen molar-refractivity contribution in [2.45, 2.75) is 37.3 Å². The number of carboxylic acids is 1. The van der Waals surface area contributed by atoms with Gasteiger partial charge in [0.05, 0.1) is 12.8 Å². The smallest absolute Gasteiger partial charge is 0.306 e. The standard InChI is InChI=1S/C25H24N2O6/c28-22(29)11-20-25(32)27-12-14(9-21(27)24(31)26-20)10-23(30)33-13-19-17-7-3-1-5-15(17)16-6-2-4-8-18(16)19/h1-8,14,19-21H,9-13H2,(H,26,31)(H,28,29)/t14-,20+,21+/m1/s1. The van der Waals surface area contributed by atoms with Crippen LogP contribution in [0.2, 0.25) is 0 Å². The minimum atomic E-state index is -1.15. The van der Waals surface area contributed by atoms with Crippen molar-refractivity contribution in [3.63, 3.8) is 0 Å². The summed E-state index contributed by atoms with van der Waals surface area (Å²) in [6.07, 6.45) is 0.0135. The number of hydrogen-bond acceptors (Lipinski definition) is 5. The number of ether oxygens (including phenoxy) is 1. The number of amides is 2. The van der Waals surface area contributed by atoms with Crippen LogP contribution in [-0.2, 0) is 23.9 Å². The highest BCUT2D eigenvalue weighted by molar-refractivity contribution is 5.99. The number of carboxylic acid groups (broad SMARTS) is 1. The van der Waals surface area contributed by atoms with E-state index in [-0.39, 0.29) is 43.3 Å². The first-order valence-corrected chi connectivity index (χ1v) is 11.1. The largest absolute Gasteiger partial charge is 0.481 e. The van der Waals surface area contributed by atoms with Gasteiger partial charge in [0.2, 0.25) is 11.8 Å². The van der Waals surface area contributed by atoms with E-state index in [1.165, 1.54) is 4.90 Å². The second kappa shape index (κ2) is 8.35. The summed E-state index contributed by atoms with van der Waals surface area (Å²) in [6, 6.07) is 14.5. The molecule has 8 heteroatoms. The Balaban J connectivity index is 1.21. The predicted octanol–water partition coefficient (Wildman–Crippen LogP) is 1.92. The molecule has 0 unspecified atom stereocenters. The van der Waals surface area contributed by atoms with Gasteiger partial charge in [0, 0.05) is 12.5 Å². The molecule has 2 heterocycles. The molecule has 5 rings (SSSR count). The third-order valence-electron chi connectivity index (χ3n) is 6.80. The number of nitrogens with zero attached hydrogens (tertiary/aromatic N) is 1. The second-order valence-corrected chi connectivity index (χ2v) is 8.88. The molecule has 170 valence electrons. The third kappa shape index (κ3) is 3.86. The predicted molar refractivity (Wildman–Crippen MR) is 117 cm³/mol. The Hall–Kier alpha value is -3.68. The first-order valence-electron chi connectivity index (χ1n) is 11.1. The Morgan fingerprint density at radius 1 is 1.00 bits per heavy atom. The van der Waals surface area contributed by atoms with E-state index < -0.39 is 30.4 Å². The average Bonchev–Trinajstić information content (AvgIpc) is 3.35. The number of piperazine rings is 1. The van der Waals surface area contributed by atoms with Gasteiger partial charge in [0.25, 0.3) is 0 Å². The molecule has 2 aromatic carbocycles. The number of rotatable bonds is 6. The van der Waals surface area contributed by atoms with Gasteiger partial charge in [-0.15, -0.1) is 0 Å². The van der Waals surface area contributed by atoms with E-state index >= 15 is 0 Å². The Labute approximate surface area is 190 Å². The van der Waals surface area contributed by atoms with E-state index in [2.05, 4.69) is 29.6 Å². The van der Waals surface area contributed by atoms with Crippen LogP contribution in [0.4, 0.5) is 0 Å². The van der Waals surface area contributed by atoms with Crippen molar-refractivity contribution in [2.24, 2.45) is 5.92 Å². The summed E-state index contributed by atoms with van der Waals surface area (Å²) in [5.41, 5.74) is 4.58. The van der Waals surface area contributed by atoms with Crippen LogP contribution in [-0.4, -0.2) is 59.0 Å². The molecule has 33 heavy (non-hydrogen) atoms. The van der Waals surface area contributed by atoms with Crippen LogP contribution in [0, 0.1) is 5.92 Å². The monoisotopic (exact) mass is 448 g/mol. The van der Waals surface area contributed by atoms with Gasteiger partial charge in [-0.3, -0.25) is 19.2 Å². The van der Waals surface area contributed by atoms with Gasteiger partial charge in [0.1, 0.15) is 18.7 Å². The van der Waals surface area contributed by atoms with Crippen LogP contribution in [0.1, 0.15) is 36.3 Å². The number of benzene rings is 2. The summed E-state index contributed by atoms with van der Waals surface area (Å²) in [5, 5.41) is 11.5. The molecule has 2 amide bonds. The van der Waals surface area contributed by atoms with Gasteiger partial charge >= 0.3 is 11.9 Å². The maximum absolute atomic E-state index is 12.7. The fraction of sp³-hybridized carbons (Fsp3) is 0.360.